The zero-order valence-electron chi connectivity index (χ0n) is 41.3. The molecule has 0 fully saturated rings. The van der Waals surface area contributed by atoms with Crippen LogP contribution in [0.5, 0.6) is 0 Å². The summed E-state index contributed by atoms with van der Waals surface area (Å²) >= 11 is 0. The molecule has 63 heavy (non-hydrogen) atoms. The molecule has 0 aromatic rings. The van der Waals surface area contributed by atoms with Gasteiger partial charge in [0.25, 0.3) is 0 Å². The van der Waals surface area contributed by atoms with Gasteiger partial charge in [-0.1, -0.05) is 209 Å². The largest absolute Gasteiger partial charge is 0.462 e. The third-order valence-corrected chi connectivity index (χ3v) is 11.2. The summed E-state index contributed by atoms with van der Waals surface area (Å²) in [5.41, 5.74) is 0. The van der Waals surface area contributed by atoms with Crippen LogP contribution >= 0.6 is 0 Å². The van der Waals surface area contributed by atoms with Gasteiger partial charge in [-0.05, 0) is 96.3 Å². The van der Waals surface area contributed by atoms with Crippen molar-refractivity contribution in [1.82, 2.24) is 0 Å². The zero-order chi connectivity index (χ0) is 45.8. The lowest BCUT2D eigenvalue weighted by Gasteiger charge is -2.18. The number of hydrogen-bond donors (Lipinski definition) is 0. The molecule has 1 unspecified atom stereocenters. The standard InChI is InChI=1S/C57H98O6/c1-4-7-10-13-16-19-22-25-27-28-29-31-32-35-38-41-44-47-50-56(59)62-53-54(52-61-55(58)49-46-43-40-37-34-24-21-18-15-12-9-6-3)63-57(60)51-48-45-42-39-36-33-30-26-23-20-17-14-11-8-5-2/h9,12,17-18,20-21,23,26-29,31,54H,4-8,10-11,13-16,19,22,24-25,30,32-53H2,1-3H3/b12-9-,20-17-,21-18-,26-23-,28-27-,31-29-. The summed E-state index contributed by atoms with van der Waals surface area (Å²) in [5.74, 6) is -0.932. The Bertz CT molecular complexity index is 1190. The highest BCUT2D eigenvalue weighted by molar-refractivity contribution is 5.71. The fourth-order valence-corrected chi connectivity index (χ4v) is 7.23. The molecule has 0 heterocycles. The van der Waals surface area contributed by atoms with Crippen LogP contribution in [0.25, 0.3) is 0 Å². The van der Waals surface area contributed by atoms with Crippen LogP contribution in [0.3, 0.4) is 0 Å². The predicted molar refractivity (Wildman–Crippen MR) is 270 cm³/mol. The Kier molecular flexibility index (Phi) is 48.9. The lowest BCUT2D eigenvalue weighted by atomic mass is 10.1. The highest BCUT2D eigenvalue weighted by atomic mass is 16.6. The van der Waals surface area contributed by atoms with Gasteiger partial charge in [0.15, 0.2) is 6.10 Å². The van der Waals surface area contributed by atoms with Gasteiger partial charge < -0.3 is 14.2 Å². The van der Waals surface area contributed by atoms with E-state index in [0.717, 1.165) is 122 Å². The van der Waals surface area contributed by atoms with Crippen molar-refractivity contribution < 1.29 is 28.6 Å². The van der Waals surface area contributed by atoms with E-state index in [1.54, 1.807) is 0 Å². The number of ether oxygens (including phenoxy) is 3. The van der Waals surface area contributed by atoms with E-state index < -0.39 is 6.10 Å². The Morgan fingerprint density at radius 2 is 0.667 bits per heavy atom. The maximum Gasteiger partial charge on any atom is 0.306 e. The number of allylic oxidation sites excluding steroid dienone is 12. The van der Waals surface area contributed by atoms with E-state index >= 15 is 0 Å². The number of esters is 3. The first kappa shape index (κ1) is 59.9. The van der Waals surface area contributed by atoms with Gasteiger partial charge in [0.2, 0.25) is 0 Å². The molecule has 6 nitrogen and oxygen atoms in total. The maximum atomic E-state index is 12.8. The molecule has 1 atom stereocenters. The molecule has 0 aromatic carbocycles. The highest BCUT2D eigenvalue weighted by Crippen LogP contribution is 2.14. The summed E-state index contributed by atoms with van der Waals surface area (Å²) in [6.07, 6.45) is 64.5. The van der Waals surface area contributed by atoms with Gasteiger partial charge in [0.1, 0.15) is 13.2 Å². The SMILES string of the molecule is CC/C=C\C/C=C\CCCCCCCC(=O)OCC(COC(=O)CCCCCCC/C=C\C=C/CCCCCCCCC)OC(=O)CCCCCCCC/C=C\C=C/CCCCC. The van der Waals surface area contributed by atoms with Crippen molar-refractivity contribution in [1.29, 1.82) is 0 Å². The summed E-state index contributed by atoms with van der Waals surface area (Å²) in [4.78, 5) is 38.0. The molecule has 0 saturated heterocycles. The molecule has 0 bridgehead atoms. The molecule has 6 heteroatoms. The Labute approximate surface area is 389 Å². The molecule has 0 aliphatic heterocycles. The van der Waals surface area contributed by atoms with Gasteiger partial charge in [0, 0.05) is 19.3 Å². The summed E-state index contributed by atoms with van der Waals surface area (Å²) in [7, 11) is 0. The smallest absolute Gasteiger partial charge is 0.306 e. The molecular weight excluding hydrogens is 781 g/mol. The Morgan fingerprint density at radius 1 is 0.349 bits per heavy atom. The van der Waals surface area contributed by atoms with Gasteiger partial charge >= 0.3 is 17.9 Å². The topological polar surface area (TPSA) is 78.9 Å². The van der Waals surface area contributed by atoms with Crippen molar-refractivity contribution in [3.8, 4) is 0 Å². The van der Waals surface area contributed by atoms with E-state index in [2.05, 4.69) is 93.7 Å². The quantitative estimate of drug-likeness (QED) is 0.0199. The first-order chi connectivity index (χ1) is 31.0. The van der Waals surface area contributed by atoms with Crippen molar-refractivity contribution in [2.75, 3.05) is 13.2 Å². The monoisotopic (exact) mass is 879 g/mol. The Balaban J connectivity index is 4.42. The lowest BCUT2D eigenvalue weighted by molar-refractivity contribution is -0.167. The van der Waals surface area contributed by atoms with Crippen molar-refractivity contribution in [2.24, 2.45) is 0 Å². The summed E-state index contributed by atoms with van der Waals surface area (Å²) in [6, 6.07) is 0. The Hall–Kier alpha value is -3.15. The van der Waals surface area contributed by atoms with Crippen LogP contribution < -0.4 is 0 Å². The molecular formula is C57H98O6. The molecule has 0 spiro atoms. The molecule has 0 rings (SSSR count). The van der Waals surface area contributed by atoms with Gasteiger partial charge in [-0.3, -0.25) is 14.4 Å². The van der Waals surface area contributed by atoms with Crippen molar-refractivity contribution in [2.45, 2.75) is 258 Å². The molecule has 0 aromatic heterocycles. The summed E-state index contributed by atoms with van der Waals surface area (Å²) in [5, 5.41) is 0. The second kappa shape index (κ2) is 51.5. The minimum atomic E-state index is -0.793. The minimum Gasteiger partial charge on any atom is -0.462 e. The summed E-state index contributed by atoms with van der Waals surface area (Å²) in [6.45, 7) is 6.46. The maximum absolute atomic E-state index is 12.8. The fourth-order valence-electron chi connectivity index (χ4n) is 7.23. The first-order valence-electron chi connectivity index (χ1n) is 26.5. The predicted octanol–water partition coefficient (Wildman–Crippen LogP) is 17.4. The normalized spacial score (nSPS) is 12.6. The second-order valence-electron chi connectivity index (χ2n) is 17.5. The van der Waals surface area contributed by atoms with Crippen LogP contribution in [-0.2, 0) is 28.6 Å². The summed E-state index contributed by atoms with van der Waals surface area (Å²) < 4.78 is 16.8. The van der Waals surface area contributed by atoms with E-state index in [1.165, 1.54) is 89.9 Å². The van der Waals surface area contributed by atoms with Crippen molar-refractivity contribution >= 4 is 17.9 Å². The van der Waals surface area contributed by atoms with Crippen LogP contribution in [0, 0.1) is 0 Å². The van der Waals surface area contributed by atoms with Crippen LogP contribution in [0.1, 0.15) is 252 Å². The molecule has 0 aliphatic rings. The molecule has 362 valence electrons. The van der Waals surface area contributed by atoms with E-state index in [-0.39, 0.29) is 31.1 Å². The minimum absolute atomic E-state index is 0.0931. The lowest BCUT2D eigenvalue weighted by Crippen LogP contribution is -2.30. The first-order valence-corrected chi connectivity index (χ1v) is 26.5. The van der Waals surface area contributed by atoms with E-state index in [4.69, 9.17) is 14.2 Å². The second-order valence-corrected chi connectivity index (χ2v) is 17.5. The Morgan fingerprint density at radius 3 is 1.08 bits per heavy atom. The zero-order valence-corrected chi connectivity index (χ0v) is 41.3. The molecule has 0 aliphatic carbocycles. The van der Waals surface area contributed by atoms with E-state index in [0.29, 0.717) is 19.3 Å². The number of hydrogen-bond acceptors (Lipinski definition) is 6. The molecule has 0 radical (unpaired) electrons. The van der Waals surface area contributed by atoms with E-state index in [9.17, 15) is 14.4 Å². The van der Waals surface area contributed by atoms with Crippen LogP contribution in [0.15, 0.2) is 72.9 Å². The van der Waals surface area contributed by atoms with Crippen LogP contribution in [-0.4, -0.2) is 37.2 Å². The van der Waals surface area contributed by atoms with Crippen LogP contribution in [0.2, 0.25) is 0 Å². The van der Waals surface area contributed by atoms with Gasteiger partial charge in [-0.25, -0.2) is 0 Å². The molecule has 0 N–H and O–H groups in total. The van der Waals surface area contributed by atoms with E-state index in [1.807, 2.05) is 0 Å². The third-order valence-electron chi connectivity index (χ3n) is 11.2. The van der Waals surface area contributed by atoms with Gasteiger partial charge in [0.05, 0.1) is 0 Å². The third kappa shape index (κ3) is 49.7. The molecule has 0 amide bonds. The van der Waals surface area contributed by atoms with Gasteiger partial charge in [-0.15, -0.1) is 0 Å². The average Bonchev–Trinajstić information content (AvgIpc) is 3.28. The fraction of sp³-hybridized carbons (Fsp3) is 0.737. The highest BCUT2D eigenvalue weighted by Gasteiger charge is 2.19. The number of rotatable bonds is 47. The van der Waals surface area contributed by atoms with Crippen molar-refractivity contribution in [3.05, 3.63) is 72.9 Å². The molecule has 0 saturated carbocycles. The average molecular weight is 879 g/mol. The van der Waals surface area contributed by atoms with Crippen molar-refractivity contribution in [3.63, 3.8) is 0 Å². The van der Waals surface area contributed by atoms with Gasteiger partial charge in [-0.2, -0.15) is 0 Å². The number of carbonyl (C=O) groups excluding carboxylic acids is 3. The number of unbranched alkanes of at least 4 members (excludes halogenated alkanes) is 26. The van der Waals surface area contributed by atoms with Crippen LogP contribution in [0.4, 0.5) is 0 Å². The number of carbonyl (C=O) groups is 3.